The summed E-state index contributed by atoms with van der Waals surface area (Å²) in [5, 5.41) is 55.2. The number of hydrogen-bond acceptors (Lipinski definition) is 11. The fraction of sp³-hybridized carbons (Fsp3) is 0.882. The zero-order chi connectivity index (χ0) is 22.6. The Kier molecular flexibility index (Phi) is 8.90. The van der Waals surface area contributed by atoms with Gasteiger partial charge in [0.05, 0.1) is 13.2 Å². The minimum atomic E-state index is -1.56. The Morgan fingerprint density at radius 1 is 0.833 bits per heavy atom. The van der Waals surface area contributed by atoms with Gasteiger partial charge in [-0.05, 0) is 0 Å². The van der Waals surface area contributed by atoms with Gasteiger partial charge in [-0.1, -0.05) is 0 Å². The molecule has 2 fully saturated rings. The van der Waals surface area contributed by atoms with E-state index in [0.29, 0.717) is 0 Å². The van der Waals surface area contributed by atoms with Gasteiger partial charge < -0.3 is 55.1 Å². The van der Waals surface area contributed by atoms with E-state index < -0.39 is 86.3 Å². The highest BCUT2D eigenvalue weighted by molar-refractivity contribution is 5.73. The second kappa shape index (κ2) is 10.7. The molecule has 7 N–H and O–H groups in total. The summed E-state index contributed by atoms with van der Waals surface area (Å²) in [6.07, 6.45) is -10.7. The van der Waals surface area contributed by atoms with E-state index in [0.717, 1.165) is 0 Å². The molecule has 13 heteroatoms. The van der Waals surface area contributed by atoms with Crippen LogP contribution in [0.2, 0.25) is 0 Å². The van der Waals surface area contributed by atoms with Crippen LogP contribution in [0.5, 0.6) is 0 Å². The number of amides is 2. The molecule has 0 unspecified atom stereocenters. The topological polar surface area (TPSA) is 196 Å². The van der Waals surface area contributed by atoms with Crippen LogP contribution in [0.1, 0.15) is 13.8 Å². The molecule has 2 rings (SSSR count). The SMILES string of the molecule is CO[C@H]1O[C@H](CO)[C@@H](O[C@@H]2O[C@H](CO)[C@H](O)[C@H](O)[C@@H]2NC(C)=O)[C@H](O)[C@@H]1NC(C)=O. The predicted octanol–water partition coefficient (Wildman–Crippen LogP) is -4.46. The summed E-state index contributed by atoms with van der Waals surface area (Å²) in [4.78, 5) is 23.1. The highest BCUT2D eigenvalue weighted by Gasteiger charge is 2.51. The first kappa shape index (κ1) is 24.8. The van der Waals surface area contributed by atoms with Gasteiger partial charge in [0.1, 0.15) is 48.7 Å². The second-order valence-corrected chi connectivity index (χ2v) is 7.21. The smallest absolute Gasteiger partial charge is 0.217 e. The molecule has 0 aromatic heterocycles. The van der Waals surface area contributed by atoms with Crippen LogP contribution in [-0.2, 0) is 28.5 Å². The van der Waals surface area contributed by atoms with Crippen LogP contribution in [-0.4, -0.2) is 119 Å². The summed E-state index contributed by atoms with van der Waals surface area (Å²) in [7, 11) is 1.29. The van der Waals surface area contributed by atoms with Gasteiger partial charge in [0.15, 0.2) is 12.6 Å². The zero-order valence-corrected chi connectivity index (χ0v) is 16.9. The Balaban J connectivity index is 2.29. The summed E-state index contributed by atoms with van der Waals surface area (Å²) in [6.45, 7) is 1.16. The van der Waals surface area contributed by atoms with Crippen molar-refractivity contribution in [3.63, 3.8) is 0 Å². The lowest BCUT2D eigenvalue weighted by molar-refractivity contribution is -0.330. The number of aliphatic hydroxyl groups is 5. The molecule has 2 saturated heterocycles. The van der Waals surface area contributed by atoms with Crippen molar-refractivity contribution in [1.29, 1.82) is 0 Å². The summed E-state index contributed by atoms with van der Waals surface area (Å²) in [5.41, 5.74) is 0. The molecule has 0 saturated carbocycles. The normalized spacial score (nSPS) is 41.9. The third kappa shape index (κ3) is 5.43. The van der Waals surface area contributed by atoms with Crippen molar-refractivity contribution in [2.75, 3.05) is 20.3 Å². The van der Waals surface area contributed by atoms with Crippen LogP contribution in [0.3, 0.4) is 0 Å². The van der Waals surface area contributed by atoms with E-state index in [1.165, 1.54) is 21.0 Å². The maximum Gasteiger partial charge on any atom is 0.217 e. The summed E-state index contributed by atoms with van der Waals surface area (Å²) in [5.74, 6) is -1.03. The van der Waals surface area contributed by atoms with Crippen molar-refractivity contribution >= 4 is 11.8 Å². The van der Waals surface area contributed by atoms with E-state index >= 15 is 0 Å². The van der Waals surface area contributed by atoms with E-state index in [2.05, 4.69) is 10.6 Å². The molecule has 0 radical (unpaired) electrons. The third-order valence-electron chi connectivity index (χ3n) is 5.00. The molecule has 30 heavy (non-hydrogen) atoms. The lowest BCUT2D eigenvalue weighted by atomic mass is 9.94. The summed E-state index contributed by atoms with van der Waals surface area (Å²) < 4.78 is 21.9. The van der Waals surface area contributed by atoms with E-state index in [1.54, 1.807) is 0 Å². The molecule has 0 spiro atoms. The van der Waals surface area contributed by atoms with Crippen LogP contribution in [0.15, 0.2) is 0 Å². The van der Waals surface area contributed by atoms with Gasteiger partial charge in [-0.3, -0.25) is 9.59 Å². The van der Waals surface area contributed by atoms with E-state index in [9.17, 15) is 35.1 Å². The van der Waals surface area contributed by atoms with Crippen molar-refractivity contribution in [2.24, 2.45) is 0 Å². The monoisotopic (exact) mass is 438 g/mol. The molecular weight excluding hydrogens is 408 g/mol. The molecule has 2 heterocycles. The average molecular weight is 438 g/mol. The fourth-order valence-electron chi connectivity index (χ4n) is 3.57. The number of nitrogens with one attached hydrogen (secondary N) is 2. The van der Waals surface area contributed by atoms with Crippen LogP contribution >= 0.6 is 0 Å². The van der Waals surface area contributed by atoms with Crippen LogP contribution < -0.4 is 10.6 Å². The van der Waals surface area contributed by atoms with E-state index in [-0.39, 0.29) is 0 Å². The van der Waals surface area contributed by atoms with E-state index in [1.807, 2.05) is 0 Å². The van der Waals surface area contributed by atoms with Crippen molar-refractivity contribution in [2.45, 2.75) is 75.1 Å². The van der Waals surface area contributed by atoms with Crippen molar-refractivity contribution in [3.8, 4) is 0 Å². The minimum Gasteiger partial charge on any atom is -0.394 e. The zero-order valence-electron chi connectivity index (χ0n) is 16.9. The van der Waals surface area contributed by atoms with Gasteiger partial charge in [0.2, 0.25) is 11.8 Å². The Labute approximate surface area is 172 Å². The predicted molar refractivity (Wildman–Crippen MR) is 96.6 cm³/mol. The van der Waals surface area contributed by atoms with Gasteiger partial charge in [-0.25, -0.2) is 0 Å². The maximum atomic E-state index is 11.6. The number of methoxy groups -OCH3 is 1. The maximum absolute atomic E-state index is 11.6. The van der Waals surface area contributed by atoms with Crippen molar-refractivity contribution in [1.82, 2.24) is 10.6 Å². The molecule has 0 bridgehead atoms. The van der Waals surface area contributed by atoms with Crippen molar-refractivity contribution < 1.29 is 54.1 Å². The number of carbonyl (C=O) groups excluding carboxylic acids is 2. The highest BCUT2D eigenvalue weighted by Crippen LogP contribution is 2.29. The lowest BCUT2D eigenvalue weighted by Crippen LogP contribution is -2.69. The Bertz CT molecular complexity index is 594. The Hall–Kier alpha value is -1.42. The third-order valence-corrected chi connectivity index (χ3v) is 5.00. The lowest BCUT2D eigenvalue weighted by Gasteiger charge is -2.47. The first-order valence-electron chi connectivity index (χ1n) is 9.43. The average Bonchev–Trinajstić information content (AvgIpc) is 2.69. The molecule has 2 aliphatic rings. The van der Waals surface area contributed by atoms with Crippen LogP contribution in [0.25, 0.3) is 0 Å². The largest absolute Gasteiger partial charge is 0.394 e. The molecule has 10 atom stereocenters. The van der Waals surface area contributed by atoms with Crippen molar-refractivity contribution in [3.05, 3.63) is 0 Å². The molecule has 0 aromatic carbocycles. The highest BCUT2D eigenvalue weighted by atomic mass is 16.7. The van der Waals surface area contributed by atoms with Gasteiger partial charge in [0.25, 0.3) is 0 Å². The molecule has 0 aliphatic carbocycles. The molecule has 2 aliphatic heterocycles. The Morgan fingerprint density at radius 2 is 1.33 bits per heavy atom. The van der Waals surface area contributed by atoms with Crippen LogP contribution in [0.4, 0.5) is 0 Å². The number of carbonyl (C=O) groups is 2. The van der Waals surface area contributed by atoms with Gasteiger partial charge >= 0.3 is 0 Å². The molecule has 13 nitrogen and oxygen atoms in total. The molecule has 174 valence electrons. The Morgan fingerprint density at radius 3 is 1.80 bits per heavy atom. The minimum absolute atomic E-state index is 0.477. The van der Waals surface area contributed by atoms with Gasteiger partial charge in [-0.2, -0.15) is 0 Å². The quantitative estimate of drug-likeness (QED) is 0.202. The van der Waals surface area contributed by atoms with Gasteiger partial charge in [0, 0.05) is 21.0 Å². The summed E-state index contributed by atoms with van der Waals surface area (Å²) >= 11 is 0. The number of rotatable bonds is 7. The number of aliphatic hydroxyl groups excluding tert-OH is 5. The van der Waals surface area contributed by atoms with Crippen LogP contribution in [0, 0.1) is 0 Å². The number of hydrogen-bond donors (Lipinski definition) is 7. The molecule has 0 aromatic rings. The standard InChI is InChI=1S/C17H30N2O11/c1-6(22)18-10-13(25)12(24)8(4-20)28-17(10)30-15-9(5-21)29-16(27-3)11(14(15)26)19-7(2)23/h8-17,20-21,24-26H,4-5H2,1-3H3,(H,18,22)(H,19,23)/t8-,9-,10+,11+,12+,13-,14-,15-,16+,17+/m1/s1. The molecule has 2 amide bonds. The van der Waals surface area contributed by atoms with E-state index in [4.69, 9.17) is 18.9 Å². The fourth-order valence-corrected chi connectivity index (χ4v) is 3.57. The first-order chi connectivity index (χ1) is 14.1. The molecular formula is C17H30N2O11. The first-order valence-corrected chi connectivity index (χ1v) is 9.43. The second-order valence-electron chi connectivity index (χ2n) is 7.21. The summed E-state index contributed by atoms with van der Waals surface area (Å²) in [6, 6.07) is -2.32. The van der Waals surface area contributed by atoms with Gasteiger partial charge in [-0.15, -0.1) is 0 Å². The number of ether oxygens (including phenoxy) is 4.